The van der Waals surface area contributed by atoms with Gasteiger partial charge in [0.25, 0.3) is 0 Å². The molecule has 146 valence electrons. The van der Waals surface area contributed by atoms with Crippen LogP contribution in [-0.4, -0.2) is 44.1 Å². The van der Waals surface area contributed by atoms with Gasteiger partial charge in [0.2, 0.25) is 10.0 Å². The number of hydrogen-bond acceptors (Lipinski definition) is 4. The number of carbonyl (C=O) groups excluding carboxylic acids is 1. The zero-order valence-corrected chi connectivity index (χ0v) is 16.5. The van der Waals surface area contributed by atoms with E-state index in [-0.39, 0.29) is 23.9 Å². The van der Waals surface area contributed by atoms with E-state index in [0.717, 1.165) is 10.4 Å². The van der Waals surface area contributed by atoms with Crippen molar-refractivity contribution in [3.63, 3.8) is 0 Å². The summed E-state index contributed by atoms with van der Waals surface area (Å²) in [5, 5.41) is 7.80. The van der Waals surface area contributed by atoms with Crippen LogP contribution in [-0.2, 0) is 10.0 Å². The van der Waals surface area contributed by atoms with Crippen molar-refractivity contribution >= 4 is 27.4 Å². The van der Waals surface area contributed by atoms with E-state index in [4.69, 9.17) is 0 Å². The molecule has 9 heteroatoms. The molecule has 2 aromatic rings. The zero-order valence-electron chi connectivity index (χ0n) is 14.9. The number of rotatable bonds is 5. The van der Waals surface area contributed by atoms with Gasteiger partial charge in [-0.25, -0.2) is 21.9 Å². The smallest absolute Gasteiger partial charge is 0.315 e. The maximum absolute atomic E-state index is 13.2. The largest absolute Gasteiger partial charge is 0.335 e. The normalized spacial score (nSPS) is 17.4. The Balaban J connectivity index is 1.63. The van der Waals surface area contributed by atoms with Crippen molar-refractivity contribution in [3.8, 4) is 0 Å². The predicted molar refractivity (Wildman–Crippen MR) is 104 cm³/mol. The number of nitrogens with zero attached hydrogens (tertiary/aromatic N) is 1. The zero-order chi connectivity index (χ0) is 19.4. The summed E-state index contributed by atoms with van der Waals surface area (Å²) in [6.45, 7) is 0.798. The summed E-state index contributed by atoms with van der Waals surface area (Å²) >= 11 is 1.51. The molecule has 0 saturated carbocycles. The van der Waals surface area contributed by atoms with Gasteiger partial charge in [0, 0.05) is 24.0 Å². The number of carbonyl (C=O) groups is 1. The lowest BCUT2D eigenvalue weighted by Gasteiger charge is -2.31. The molecule has 3 rings (SSSR count). The SMILES string of the molecule is CS(=O)(=O)N1CCC(NC(=O)N[C@@H](c2ccc(F)cc2)c2cccs2)CC1. The molecule has 1 aliphatic heterocycles. The molecule has 0 spiro atoms. The Morgan fingerprint density at radius 1 is 1.22 bits per heavy atom. The summed E-state index contributed by atoms with van der Waals surface area (Å²) in [6, 6.07) is 9.10. The van der Waals surface area contributed by atoms with Gasteiger partial charge in [-0.3, -0.25) is 0 Å². The maximum atomic E-state index is 13.2. The van der Waals surface area contributed by atoms with Crippen LogP contribution in [0.15, 0.2) is 41.8 Å². The standard InChI is InChI=1S/C18H22FN3O3S2/c1-27(24,25)22-10-8-15(9-11-22)20-18(23)21-17(16-3-2-12-26-16)13-4-6-14(19)7-5-13/h2-7,12,15,17H,8-11H2,1H3,(H2,20,21,23)/t17-/m0/s1. The van der Waals surface area contributed by atoms with Crippen LogP contribution in [0.25, 0.3) is 0 Å². The Hall–Kier alpha value is -1.97. The molecule has 1 atom stereocenters. The highest BCUT2D eigenvalue weighted by atomic mass is 32.2. The Kier molecular flexibility index (Phi) is 6.13. The minimum absolute atomic E-state index is 0.0831. The molecule has 0 bridgehead atoms. The highest BCUT2D eigenvalue weighted by Crippen LogP contribution is 2.26. The van der Waals surface area contributed by atoms with Crippen LogP contribution < -0.4 is 10.6 Å². The van der Waals surface area contributed by atoms with E-state index < -0.39 is 10.0 Å². The van der Waals surface area contributed by atoms with Crippen molar-refractivity contribution in [1.82, 2.24) is 14.9 Å². The molecule has 1 saturated heterocycles. The Bertz CT molecular complexity index is 862. The Morgan fingerprint density at radius 3 is 2.44 bits per heavy atom. The van der Waals surface area contributed by atoms with E-state index in [2.05, 4.69) is 10.6 Å². The monoisotopic (exact) mass is 411 g/mol. The number of halogens is 1. The number of hydrogen-bond donors (Lipinski definition) is 2. The second-order valence-corrected chi connectivity index (χ2v) is 9.52. The third-order valence-electron chi connectivity index (χ3n) is 4.56. The van der Waals surface area contributed by atoms with Crippen LogP contribution in [0.4, 0.5) is 9.18 Å². The van der Waals surface area contributed by atoms with E-state index in [1.165, 1.54) is 34.0 Å². The van der Waals surface area contributed by atoms with E-state index in [0.29, 0.717) is 25.9 Å². The van der Waals surface area contributed by atoms with Gasteiger partial charge in [0.15, 0.2) is 0 Å². The number of amides is 2. The lowest BCUT2D eigenvalue weighted by Crippen LogP contribution is -2.49. The molecule has 0 aliphatic carbocycles. The number of sulfonamides is 1. The fourth-order valence-corrected chi connectivity index (χ4v) is 4.80. The molecule has 2 amide bonds. The second kappa shape index (κ2) is 8.37. The predicted octanol–water partition coefficient (Wildman–Crippen LogP) is 2.70. The lowest BCUT2D eigenvalue weighted by atomic mass is 10.1. The number of piperidine rings is 1. The molecule has 27 heavy (non-hydrogen) atoms. The number of urea groups is 1. The van der Waals surface area contributed by atoms with E-state index in [1.807, 2.05) is 17.5 Å². The molecular formula is C18H22FN3O3S2. The van der Waals surface area contributed by atoms with Gasteiger partial charge in [0.1, 0.15) is 5.82 Å². The quantitative estimate of drug-likeness (QED) is 0.794. The van der Waals surface area contributed by atoms with Crippen LogP contribution in [0, 0.1) is 5.82 Å². The minimum Gasteiger partial charge on any atom is -0.335 e. The van der Waals surface area contributed by atoms with Gasteiger partial charge < -0.3 is 10.6 Å². The fourth-order valence-electron chi connectivity index (χ4n) is 3.12. The van der Waals surface area contributed by atoms with E-state index in [9.17, 15) is 17.6 Å². The van der Waals surface area contributed by atoms with Gasteiger partial charge in [-0.15, -0.1) is 11.3 Å². The highest BCUT2D eigenvalue weighted by molar-refractivity contribution is 7.88. The van der Waals surface area contributed by atoms with Crippen molar-refractivity contribution in [3.05, 3.63) is 58.0 Å². The third kappa shape index (κ3) is 5.27. The van der Waals surface area contributed by atoms with E-state index in [1.54, 1.807) is 12.1 Å². The number of thiophene rings is 1. The molecule has 0 radical (unpaired) electrons. The molecule has 0 unspecified atom stereocenters. The van der Waals surface area contributed by atoms with Crippen molar-refractivity contribution in [1.29, 1.82) is 0 Å². The average Bonchev–Trinajstić information content (AvgIpc) is 3.14. The topological polar surface area (TPSA) is 78.5 Å². The summed E-state index contributed by atoms with van der Waals surface area (Å²) in [4.78, 5) is 13.5. The van der Waals surface area contributed by atoms with Gasteiger partial charge in [-0.1, -0.05) is 18.2 Å². The van der Waals surface area contributed by atoms with Gasteiger partial charge >= 0.3 is 6.03 Å². The molecule has 1 aromatic heterocycles. The molecular weight excluding hydrogens is 389 g/mol. The third-order valence-corrected chi connectivity index (χ3v) is 6.80. The number of nitrogens with one attached hydrogen (secondary N) is 2. The summed E-state index contributed by atoms with van der Waals surface area (Å²) < 4.78 is 37.8. The van der Waals surface area contributed by atoms with Gasteiger partial charge in [-0.2, -0.15) is 0 Å². The molecule has 1 aromatic carbocycles. The van der Waals surface area contributed by atoms with Crippen LogP contribution in [0.2, 0.25) is 0 Å². The van der Waals surface area contributed by atoms with Crippen molar-refractivity contribution in [2.24, 2.45) is 0 Å². The van der Waals surface area contributed by atoms with Crippen LogP contribution in [0.1, 0.15) is 29.3 Å². The Morgan fingerprint density at radius 2 is 1.89 bits per heavy atom. The first kappa shape index (κ1) is 19.8. The van der Waals surface area contributed by atoms with Gasteiger partial charge in [0.05, 0.1) is 12.3 Å². The van der Waals surface area contributed by atoms with Crippen molar-refractivity contribution in [2.75, 3.05) is 19.3 Å². The van der Waals surface area contributed by atoms with E-state index >= 15 is 0 Å². The summed E-state index contributed by atoms with van der Waals surface area (Å²) in [5.74, 6) is -0.328. The summed E-state index contributed by atoms with van der Waals surface area (Å²) in [6.07, 6.45) is 2.34. The first-order valence-electron chi connectivity index (χ1n) is 8.64. The van der Waals surface area contributed by atoms with Crippen molar-refractivity contribution in [2.45, 2.75) is 24.9 Å². The second-order valence-electron chi connectivity index (χ2n) is 6.55. The lowest BCUT2D eigenvalue weighted by molar-refractivity contribution is 0.226. The fraction of sp³-hybridized carbons (Fsp3) is 0.389. The first-order chi connectivity index (χ1) is 12.8. The highest BCUT2D eigenvalue weighted by Gasteiger charge is 2.26. The van der Waals surface area contributed by atoms with Crippen LogP contribution in [0.5, 0.6) is 0 Å². The molecule has 6 nitrogen and oxygen atoms in total. The van der Waals surface area contributed by atoms with Crippen LogP contribution >= 0.6 is 11.3 Å². The van der Waals surface area contributed by atoms with Crippen LogP contribution in [0.3, 0.4) is 0 Å². The number of benzene rings is 1. The average molecular weight is 412 g/mol. The molecule has 2 N–H and O–H groups in total. The summed E-state index contributed by atoms with van der Waals surface area (Å²) in [5.41, 5.74) is 0.792. The van der Waals surface area contributed by atoms with Gasteiger partial charge in [-0.05, 0) is 42.0 Å². The summed E-state index contributed by atoms with van der Waals surface area (Å²) in [7, 11) is -3.19. The minimum atomic E-state index is -3.19. The maximum Gasteiger partial charge on any atom is 0.315 e. The first-order valence-corrected chi connectivity index (χ1v) is 11.4. The molecule has 1 aliphatic rings. The molecule has 2 heterocycles. The Labute approximate surface area is 162 Å². The molecule has 1 fully saturated rings. The van der Waals surface area contributed by atoms with Crippen molar-refractivity contribution < 1.29 is 17.6 Å².